The van der Waals surface area contributed by atoms with E-state index in [0.29, 0.717) is 5.88 Å². The lowest BCUT2D eigenvalue weighted by molar-refractivity contribution is 0.475. The van der Waals surface area contributed by atoms with Crippen LogP contribution < -0.4 is 4.74 Å². The minimum Gasteiger partial charge on any atom is -0.456 e. The second-order valence-corrected chi connectivity index (χ2v) is 5.95. The lowest BCUT2D eigenvalue weighted by Crippen LogP contribution is -1.89. The standard InChI is InChI=1S/C14H11Br2ClO/c1-9-2-4-11(15)7-14(9)18-13-5-3-10(8-17)6-12(13)16/h2-7H,8H2,1H3. The van der Waals surface area contributed by atoms with Gasteiger partial charge in [-0.25, -0.2) is 0 Å². The molecule has 2 rings (SSSR count). The molecule has 94 valence electrons. The zero-order chi connectivity index (χ0) is 13.1. The van der Waals surface area contributed by atoms with Crippen molar-refractivity contribution in [2.24, 2.45) is 0 Å². The van der Waals surface area contributed by atoms with Crippen molar-refractivity contribution in [3.05, 3.63) is 56.5 Å². The minimum atomic E-state index is 0.495. The van der Waals surface area contributed by atoms with Crippen molar-refractivity contribution in [1.82, 2.24) is 0 Å². The van der Waals surface area contributed by atoms with Gasteiger partial charge in [0.05, 0.1) is 4.47 Å². The molecule has 0 aliphatic rings. The van der Waals surface area contributed by atoms with E-state index in [-0.39, 0.29) is 0 Å². The summed E-state index contributed by atoms with van der Waals surface area (Å²) in [7, 11) is 0. The highest BCUT2D eigenvalue weighted by molar-refractivity contribution is 9.10. The third-order valence-corrected chi connectivity index (χ3v) is 3.94. The quantitative estimate of drug-likeness (QED) is 0.580. The van der Waals surface area contributed by atoms with Crippen molar-refractivity contribution in [3.8, 4) is 11.5 Å². The zero-order valence-electron chi connectivity index (χ0n) is 9.71. The van der Waals surface area contributed by atoms with Crippen molar-refractivity contribution in [2.45, 2.75) is 12.8 Å². The lowest BCUT2D eigenvalue weighted by Gasteiger charge is -2.11. The minimum absolute atomic E-state index is 0.495. The number of alkyl halides is 1. The van der Waals surface area contributed by atoms with E-state index < -0.39 is 0 Å². The summed E-state index contributed by atoms with van der Waals surface area (Å²) in [6, 6.07) is 11.8. The molecule has 4 heteroatoms. The monoisotopic (exact) mass is 388 g/mol. The van der Waals surface area contributed by atoms with Crippen molar-refractivity contribution in [2.75, 3.05) is 0 Å². The average molecular weight is 391 g/mol. The van der Waals surface area contributed by atoms with Crippen molar-refractivity contribution < 1.29 is 4.74 Å². The first-order valence-electron chi connectivity index (χ1n) is 5.38. The molecule has 2 aromatic rings. The first-order chi connectivity index (χ1) is 8.60. The van der Waals surface area contributed by atoms with Crippen LogP contribution in [0.3, 0.4) is 0 Å². The molecular formula is C14H11Br2ClO. The summed E-state index contributed by atoms with van der Waals surface area (Å²) in [5.74, 6) is 2.11. The van der Waals surface area contributed by atoms with Gasteiger partial charge in [0.1, 0.15) is 11.5 Å². The highest BCUT2D eigenvalue weighted by Gasteiger charge is 2.06. The Kier molecular flexibility index (Phi) is 4.71. The second-order valence-electron chi connectivity index (χ2n) is 3.91. The molecule has 0 aliphatic heterocycles. The molecule has 0 atom stereocenters. The van der Waals surface area contributed by atoms with Gasteiger partial charge in [-0.05, 0) is 58.2 Å². The molecule has 0 aliphatic carbocycles. The van der Waals surface area contributed by atoms with E-state index in [0.717, 1.165) is 31.6 Å². The SMILES string of the molecule is Cc1ccc(Br)cc1Oc1ccc(CCl)cc1Br. The van der Waals surface area contributed by atoms with Gasteiger partial charge in [0.15, 0.2) is 0 Å². The number of hydrogen-bond donors (Lipinski definition) is 0. The Bertz CT molecular complexity index is 570. The van der Waals surface area contributed by atoms with Crippen LogP contribution in [0.2, 0.25) is 0 Å². The number of halogens is 3. The molecule has 2 aromatic carbocycles. The van der Waals surface area contributed by atoms with Gasteiger partial charge in [-0.15, -0.1) is 11.6 Å². The Balaban J connectivity index is 2.31. The number of benzene rings is 2. The fourth-order valence-electron chi connectivity index (χ4n) is 1.51. The lowest BCUT2D eigenvalue weighted by atomic mass is 10.2. The molecule has 0 unspecified atom stereocenters. The predicted octanol–water partition coefficient (Wildman–Crippen LogP) is 6.05. The van der Waals surface area contributed by atoms with Gasteiger partial charge >= 0.3 is 0 Å². The molecule has 0 bridgehead atoms. The van der Waals surface area contributed by atoms with Crippen LogP contribution in [-0.4, -0.2) is 0 Å². The van der Waals surface area contributed by atoms with E-state index in [2.05, 4.69) is 31.9 Å². The summed E-state index contributed by atoms with van der Waals surface area (Å²) < 4.78 is 7.80. The molecule has 0 spiro atoms. The molecule has 0 heterocycles. The molecule has 0 amide bonds. The van der Waals surface area contributed by atoms with Crippen LogP contribution in [-0.2, 0) is 5.88 Å². The molecular weight excluding hydrogens is 379 g/mol. The Labute approximate surface area is 128 Å². The average Bonchev–Trinajstić information content (AvgIpc) is 2.36. The third kappa shape index (κ3) is 3.28. The number of hydrogen-bond acceptors (Lipinski definition) is 1. The van der Waals surface area contributed by atoms with Gasteiger partial charge < -0.3 is 4.74 Å². The van der Waals surface area contributed by atoms with E-state index >= 15 is 0 Å². The van der Waals surface area contributed by atoms with Crippen molar-refractivity contribution in [1.29, 1.82) is 0 Å². The van der Waals surface area contributed by atoms with E-state index in [9.17, 15) is 0 Å². The predicted molar refractivity (Wildman–Crippen MR) is 82.7 cm³/mol. The van der Waals surface area contributed by atoms with E-state index in [1.807, 2.05) is 43.3 Å². The van der Waals surface area contributed by atoms with E-state index in [4.69, 9.17) is 16.3 Å². The highest BCUT2D eigenvalue weighted by atomic mass is 79.9. The molecule has 0 aromatic heterocycles. The maximum atomic E-state index is 5.90. The topological polar surface area (TPSA) is 9.23 Å². The summed E-state index contributed by atoms with van der Waals surface area (Å²) in [4.78, 5) is 0. The smallest absolute Gasteiger partial charge is 0.141 e. The van der Waals surface area contributed by atoms with Crippen LogP contribution in [0.1, 0.15) is 11.1 Å². The molecule has 0 saturated heterocycles. The van der Waals surface area contributed by atoms with Gasteiger partial charge in [0, 0.05) is 10.4 Å². The summed E-state index contributed by atoms with van der Waals surface area (Å²) >= 11 is 12.7. The van der Waals surface area contributed by atoms with Crippen LogP contribution in [0.15, 0.2) is 45.3 Å². The summed E-state index contributed by atoms with van der Waals surface area (Å²) in [5, 5.41) is 0. The molecule has 0 N–H and O–H groups in total. The first-order valence-corrected chi connectivity index (χ1v) is 7.50. The van der Waals surface area contributed by atoms with Gasteiger partial charge in [0.2, 0.25) is 0 Å². The normalized spacial score (nSPS) is 10.4. The number of rotatable bonds is 3. The summed E-state index contributed by atoms with van der Waals surface area (Å²) in [6.45, 7) is 2.02. The van der Waals surface area contributed by atoms with Crippen LogP contribution in [0.4, 0.5) is 0 Å². The van der Waals surface area contributed by atoms with Crippen molar-refractivity contribution in [3.63, 3.8) is 0 Å². The van der Waals surface area contributed by atoms with Crippen molar-refractivity contribution >= 4 is 43.5 Å². The Morgan fingerprint density at radius 2 is 1.83 bits per heavy atom. The number of ether oxygens (including phenoxy) is 1. The molecule has 18 heavy (non-hydrogen) atoms. The second kappa shape index (κ2) is 6.09. The van der Waals surface area contributed by atoms with Crippen LogP contribution in [0.5, 0.6) is 11.5 Å². The molecule has 1 nitrogen and oxygen atoms in total. The maximum Gasteiger partial charge on any atom is 0.141 e. The van der Waals surface area contributed by atoms with Crippen LogP contribution in [0.25, 0.3) is 0 Å². The fourth-order valence-corrected chi connectivity index (χ4v) is 2.53. The summed E-state index contributed by atoms with van der Waals surface area (Å²) in [6.07, 6.45) is 0. The van der Waals surface area contributed by atoms with E-state index in [1.54, 1.807) is 0 Å². The van der Waals surface area contributed by atoms with Crippen LogP contribution in [0, 0.1) is 6.92 Å². The van der Waals surface area contributed by atoms with Gasteiger partial charge in [-0.2, -0.15) is 0 Å². The molecule has 0 fully saturated rings. The largest absolute Gasteiger partial charge is 0.456 e. The fraction of sp³-hybridized carbons (Fsp3) is 0.143. The first kappa shape index (κ1) is 13.9. The highest BCUT2D eigenvalue weighted by Crippen LogP contribution is 2.33. The zero-order valence-corrected chi connectivity index (χ0v) is 13.6. The Morgan fingerprint density at radius 1 is 1.06 bits per heavy atom. The Hall–Kier alpha value is -0.510. The summed E-state index contributed by atoms with van der Waals surface area (Å²) in [5.41, 5.74) is 2.15. The molecule has 0 saturated carbocycles. The third-order valence-electron chi connectivity index (χ3n) is 2.52. The van der Waals surface area contributed by atoms with Gasteiger partial charge in [-0.3, -0.25) is 0 Å². The van der Waals surface area contributed by atoms with Crippen LogP contribution >= 0.6 is 43.5 Å². The molecule has 0 radical (unpaired) electrons. The van der Waals surface area contributed by atoms with E-state index in [1.165, 1.54) is 0 Å². The maximum absolute atomic E-state index is 5.90. The Morgan fingerprint density at radius 3 is 2.50 bits per heavy atom. The van der Waals surface area contributed by atoms with Gasteiger partial charge in [-0.1, -0.05) is 28.1 Å². The van der Waals surface area contributed by atoms with Gasteiger partial charge in [0.25, 0.3) is 0 Å². The number of aryl methyl sites for hydroxylation is 1.